The summed E-state index contributed by atoms with van der Waals surface area (Å²) < 4.78 is 31.7. The van der Waals surface area contributed by atoms with Gasteiger partial charge in [-0.25, -0.2) is 13.1 Å². The van der Waals surface area contributed by atoms with Crippen molar-refractivity contribution in [3.8, 4) is 0 Å². The molecule has 0 bridgehead atoms. The molecule has 2 N–H and O–H groups in total. The van der Waals surface area contributed by atoms with Crippen molar-refractivity contribution in [2.24, 2.45) is 0 Å². The fourth-order valence-corrected chi connectivity index (χ4v) is 3.69. The third-order valence-corrected chi connectivity index (χ3v) is 5.74. The van der Waals surface area contributed by atoms with Crippen LogP contribution in [0.3, 0.4) is 0 Å². The monoisotopic (exact) mass is 376 g/mol. The number of sulfonamides is 1. The van der Waals surface area contributed by atoms with E-state index < -0.39 is 10.0 Å². The number of hydrogen-bond acceptors (Lipinski definition) is 4. The van der Waals surface area contributed by atoms with Crippen LogP contribution in [0.15, 0.2) is 41.3 Å². The van der Waals surface area contributed by atoms with Crippen molar-refractivity contribution in [2.45, 2.75) is 31.9 Å². The van der Waals surface area contributed by atoms with Gasteiger partial charge in [0.1, 0.15) is 0 Å². The SMILES string of the molecule is CNS(=O)(=O)c1cc(C(=O)NCc2cccc(COC)c2)cc(C)c1C. The molecule has 140 valence electrons. The Morgan fingerprint density at radius 1 is 1.12 bits per heavy atom. The van der Waals surface area contributed by atoms with E-state index in [2.05, 4.69) is 10.0 Å². The third-order valence-electron chi connectivity index (χ3n) is 4.20. The molecular weight excluding hydrogens is 352 g/mol. The number of ether oxygens (including phenoxy) is 1. The fourth-order valence-electron chi connectivity index (χ4n) is 2.63. The molecule has 0 spiro atoms. The molecule has 0 atom stereocenters. The zero-order chi connectivity index (χ0) is 19.3. The highest BCUT2D eigenvalue weighted by atomic mass is 32.2. The Kier molecular flexibility index (Phi) is 6.52. The van der Waals surface area contributed by atoms with E-state index in [4.69, 9.17) is 4.74 Å². The molecule has 6 nitrogen and oxygen atoms in total. The van der Waals surface area contributed by atoms with Gasteiger partial charge in [-0.3, -0.25) is 4.79 Å². The largest absolute Gasteiger partial charge is 0.380 e. The summed E-state index contributed by atoms with van der Waals surface area (Å²) in [6.07, 6.45) is 0. The van der Waals surface area contributed by atoms with E-state index in [0.717, 1.165) is 16.7 Å². The molecule has 2 aromatic carbocycles. The molecule has 0 aliphatic rings. The molecule has 0 radical (unpaired) electrons. The van der Waals surface area contributed by atoms with Gasteiger partial charge in [-0.15, -0.1) is 0 Å². The van der Waals surface area contributed by atoms with Crippen LogP contribution >= 0.6 is 0 Å². The van der Waals surface area contributed by atoms with E-state index >= 15 is 0 Å². The summed E-state index contributed by atoms with van der Waals surface area (Å²) >= 11 is 0. The molecule has 26 heavy (non-hydrogen) atoms. The first kappa shape index (κ1) is 20.1. The van der Waals surface area contributed by atoms with Crippen molar-refractivity contribution < 1.29 is 17.9 Å². The van der Waals surface area contributed by atoms with E-state index in [9.17, 15) is 13.2 Å². The van der Waals surface area contributed by atoms with Crippen molar-refractivity contribution in [3.05, 3.63) is 64.2 Å². The van der Waals surface area contributed by atoms with Crippen LogP contribution in [-0.2, 0) is 27.9 Å². The van der Waals surface area contributed by atoms with Gasteiger partial charge in [0.05, 0.1) is 11.5 Å². The molecule has 0 aliphatic carbocycles. The number of nitrogens with one attached hydrogen (secondary N) is 2. The Labute approximate surface area is 154 Å². The average Bonchev–Trinajstić information content (AvgIpc) is 2.62. The molecule has 0 aromatic heterocycles. The first-order valence-corrected chi connectivity index (χ1v) is 9.66. The number of benzene rings is 2. The topological polar surface area (TPSA) is 84.5 Å². The van der Waals surface area contributed by atoms with Crippen LogP contribution in [0.4, 0.5) is 0 Å². The maximum Gasteiger partial charge on any atom is 0.251 e. The Morgan fingerprint density at radius 2 is 1.81 bits per heavy atom. The minimum absolute atomic E-state index is 0.118. The Balaban J connectivity index is 2.21. The second-order valence-electron chi connectivity index (χ2n) is 6.06. The lowest BCUT2D eigenvalue weighted by Gasteiger charge is -2.13. The normalized spacial score (nSPS) is 11.4. The highest BCUT2D eigenvalue weighted by Gasteiger charge is 2.19. The number of carbonyl (C=O) groups is 1. The standard InChI is InChI=1S/C19H24N2O4S/c1-13-8-17(10-18(14(13)2)26(23,24)20-3)19(22)21-11-15-6-5-7-16(9-15)12-25-4/h5-10,20H,11-12H2,1-4H3,(H,21,22). The van der Waals surface area contributed by atoms with Crippen LogP contribution in [0.1, 0.15) is 32.6 Å². The van der Waals surface area contributed by atoms with E-state index in [-0.39, 0.29) is 10.8 Å². The molecule has 1 amide bonds. The van der Waals surface area contributed by atoms with Crippen LogP contribution in [0, 0.1) is 13.8 Å². The summed E-state index contributed by atoms with van der Waals surface area (Å²) in [5.74, 6) is -0.321. The van der Waals surface area contributed by atoms with E-state index in [1.165, 1.54) is 13.1 Å². The summed E-state index contributed by atoms with van der Waals surface area (Å²) in [6, 6.07) is 10.8. The number of hydrogen-bond donors (Lipinski definition) is 2. The Bertz CT molecular complexity index is 908. The van der Waals surface area contributed by atoms with Gasteiger partial charge in [-0.2, -0.15) is 0 Å². The van der Waals surface area contributed by atoms with E-state index in [0.29, 0.717) is 24.3 Å². The second-order valence-corrected chi connectivity index (χ2v) is 7.91. The van der Waals surface area contributed by atoms with Gasteiger partial charge in [0.25, 0.3) is 5.91 Å². The first-order valence-electron chi connectivity index (χ1n) is 8.18. The molecule has 0 saturated carbocycles. The molecule has 0 aliphatic heterocycles. The summed E-state index contributed by atoms with van der Waals surface area (Å²) in [5, 5.41) is 2.83. The lowest BCUT2D eigenvalue weighted by atomic mass is 10.1. The van der Waals surface area contributed by atoms with Crippen molar-refractivity contribution in [1.29, 1.82) is 0 Å². The van der Waals surface area contributed by atoms with Crippen LogP contribution in [0.25, 0.3) is 0 Å². The molecule has 0 fully saturated rings. The highest BCUT2D eigenvalue weighted by Crippen LogP contribution is 2.21. The summed E-state index contributed by atoms with van der Waals surface area (Å²) in [7, 11) is -0.649. The predicted molar refractivity (Wildman–Crippen MR) is 100 cm³/mol. The van der Waals surface area contributed by atoms with Gasteiger partial charge in [0, 0.05) is 19.2 Å². The van der Waals surface area contributed by atoms with Gasteiger partial charge in [0.15, 0.2) is 0 Å². The number of methoxy groups -OCH3 is 1. The minimum Gasteiger partial charge on any atom is -0.380 e. The maximum atomic E-state index is 12.5. The van der Waals surface area contributed by atoms with Crippen molar-refractivity contribution in [2.75, 3.05) is 14.2 Å². The van der Waals surface area contributed by atoms with Crippen LogP contribution in [0.2, 0.25) is 0 Å². The van der Waals surface area contributed by atoms with Gasteiger partial charge in [0.2, 0.25) is 10.0 Å². The zero-order valence-corrected chi connectivity index (χ0v) is 16.2. The molecule has 0 unspecified atom stereocenters. The second kappa shape index (κ2) is 8.44. The van der Waals surface area contributed by atoms with Gasteiger partial charge in [-0.1, -0.05) is 24.3 Å². The maximum absolute atomic E-state index is 12.5. The third kappa shape index (κ3) is 4.69. The highest BCUT2D eigenvalue weighted by molar-refractivity contribution is 7.89. The minimum atomic E-state index is -3.63. The molecule has 2 aromatic rings. The van der Waals surface area contributed by atoms with Gasteiger partial charge >= 0.3 is 0 Å². The molecule has 0 heterocycles. The van der Waals surface area contributed by atoms with E-state index in [1.807, 2.05) is 24.3 Å². The van der Waals surface area contributed by atoms with Crippen molar-refractivity contribution >= 4 is 15.9 Å². The van der Waals surface area contributed by atoms with Crippen molar-refractivity contribution in [3.63, 3.8) is 0 Å². The Hall–Kier alpha value is -2.22. The number of amides is 1. The Morgan fingerprint density at radius 3 is 2.46 bits per heavy atom. The molecule has 0 saturated heterocycles. The van der Waals surface area contributed by atoms with Crippen LogP contribution in [0.5, 0.6) is 0 Å². The summed E-state index contributed by atoms with van der Waals surface area (Å²) in [6.45, 7) is 4.36. The smallest absolute Gasteiger partial charge is 0.251 e. The van der Waals surface area contributed by atoms with Crippen molar-refractivity contribution in [1.82, 2.24) is 10.0 Å². The van der Waals surface area contributed by atoms with E-state index in [1.54, 1.807) is 27.0 Å². The molecular formula is C19H24N2O4S. The number of carbonyl (C=O) groups excluding carboxylic acids is 1. The van der Waals surface area contributed by atoms with Crippen LogP contribution < -0.4 is 10.0 Å². The first-order chi connectivity index (χ1) is 12.3. The lowest BCUT2D eigenvalue weighted by Crippen LogP contribution is -2.25. The number of rotatable bonds is 7. The predicted octanol–water partition coefficient (Wildman–Crippen LogP) is 2.29. The molecule has 7 heteroatoms. The molecule has 2 rings (SSSR count). The average molecular weight is 376 g/mol. The lowest BCUT2D eigenvalue weighted by molar-refractivity contribution is 0.0950. The van der Waals surface area contributed by atoms with Gasteiger partial charge < -0.3 is 10.1 Å². The fraction of sp³-hybridized carbons (Fsp3) is 0.316. The zero-order valence-electron chi connectivity index (χ0n) is 15.4. The summed E-state index contributed by atoms with van der Waals surface area (Å²) in [4.78, 5) is 12.6. The van der Waals surface area contributed by atoms with Crippen LogP contribution in [-0.4, -0.2) is 28.5 Å². The van der Waals surface area contributed by atoms with Gasteiger partial charge in [-0.05, 0) is 55.3 Å². The quantitative estimate of drug-likeness (QED) is 0.776. The summed E-state index contributed by atoms with van der Waals surface area (Å²) in [5.41, 5.74) is 3.65. The number of aryl methyl sites for hydroxylation is 1.